The van der Waals surface area contributed by atoms with Crippen molar-refractivity contribution >= 4 is 33.7 Å². The Labute approximate surface area is 169 Å². The molecule has 4 aromatic rings. The van der Waals surface area contributed by atoms with E-state index in [0.717, 1.165) is 21.5 Å². The molecule has 0 aliphatic heterocycles. The molecule has 0 fully saturated rings. The topological polar surface area (TPSA) is 20.3 Å². The molecule has 0 spiro atoms. The highest BCUT2D eigenvalue weighted by Crippen LogP contribution is 2.32. The molecule has 1 heterocycles. The van der Waals surface area contributed by atoms with Crippen LogP contribution in [-0.2, 0) is 11.2 Å². The summed E-state index contributed by atoms with van der Waals surface area (Å²) >= 11 is 1.65. The lowest BCUT2D eigenvalue weighted by Crippen LogP contribution is -2.32. The van der Waals surface area contributed by atoms with Crippen molar-refractivity contribution in [1.29, 1.82) is 0 Å². The van der Waals surface area contributed by atoms with Gasteiger partial charge in [-0.1, -0.05) is 78.9 Å². The van der Waals surface area contributed by atoms with Crippen LogP contribution in [0.25, 0.3) is 21.2 Å². The highest BCUT2D eigenvalue weighted by atomic mass is 32.1. The van der Waals surface area contributed by atoms with Crippen LogP contribution in [0.2, 0.25) is 0 Å². The van der Waals surface area contributed by atoms with E-state index in [0.29, 0.717) is 13.0 Å². The highest BCUT2D eigenvalue weighted by Gasteiger charge is 2.17. The second-order valence-corrected chi connectivity index (χ2v) is 7.60. The molecule has 2 nitrogen and oxygen atoms in total. The normalized spacial score (nSPS) is 10.7. The fourth-order valence-corrected chi connectivity index (χ4v) is 4.22. The summed E-state index contributed by atoms with van der Waals surface area (Å²) in [5, 5.41) is 4.39. The average molecular weight is 384 g/mol. The van der Waals surface area contributed by atoms with Gasteiger partial charge in [0.25, 0.3) is 0 Å². The van der Waals surface area contributed by atoms with Crippen LogP contribution < -0.4 is 4.90 Å². The van der Waals surface area contributed by atoms with Crippen LogP contribution >= 0.6 is 11.3 Å². The van der Waals surface area contributed by atoms with Crippen molar-refractivity contribution < 1.29 is 4.79 Å². The van der Waals surface area contributed by atoms with Gasteiger partial charge in [0.15, 0.2) is 0 Å². The fraction of sp³-hybridized carbons (Fsp3) is 0.0800. The number of carbonyl (C=O) groups is 1. The van der Waals surface area contributed by atoms with Gasteiger partial charge in [-0.05, 0) is 28.0 Å². The molecule has 0 bridgehead atoms. The summed E-state index contributed by atoms with van der Waals surface area (Å²) in [6, 6.07) is 26.8. The Hall–Kier alpha value is -3.17. The SMILES string of the molecule is C=CCN(C(=O)Cc1ccc2ccccc2c1)c1csc(-c2ccccc2)c1. The van der Waals surface area contributed by atoms with Crippen LogP contribution in [0.3, 0.4) is 0 Å². The maximum absolute atomic E-state index is 13.1. The maximum atomic E-state index is 13.1. The first-order valence-electron chi connectivity index (χ1n) is 9.27. The molecule has 28 heavy (non-hydrogen) atoms. The molecule has 0 aliphatic rings. The van der Waals surface area contributed by atoms with Gasteiger partial charge in [-0.15, -0.1) is 17.9 Å². The Bertz CT molecular complexity index is 1110. The number of carbonyl (C=O) groups excluding carboxylic acids is 1. The summed E-state index contributed by atoms with van der Waals surface area (Å²) in [5.41, 5.74) is 3.12. The second kappa shape index (κ2) is 8.24. The van der Waals surface area contributed by atoms with E-state index in [-0.39, 0.29) is 5.91 Å². The van der Waals surface area contributed by atoms with E-state index in [2.05, 4.69) is 49.0 Å². The molecule has 3 aromatic carbocycles. The Morgan fingerprint density at radius 1 is 0.929 bits per heavy atom. The van der Waals surface area contributed by atoms with Crippen molar-refractivity contribution in [3.8, 4) is 10.4 Å². The number of amides is 1. The monoisotopic (exact) mass is 383 g/mol. The zero-order chi connectivity index (χ0) is 19.3. The zero-order valence-corrected chi connectivity index (χ0v) is 16.4. The van der Waals surface area contributed by atoms with Crippen LogP contribution in [0.1, 0.15) is 5.56 Å². The van der Waals surface area contributed by atoms with Gasteiger partial charge < -0.3 is 4.90 Å². The Balaban J connectivity index is 1.57. The fourth-order valence-electron chi connectivity index (χ4n) is 3.32. The van der Waals surface area contributed by atoms with Gasteiger partial charge in [-0.3, -0.25) is 4.79 Å². The number of thiophene rings is 1. The number of hydrogen-bond donors (Lipinski definition) is 0. The lowest BCUT2D eigenvalue weighted by Gasteiger charge is -2.20. The van der Waals surface area contributed by atoms with E-state index in [1.54, 1.807) is 17.4 Å². The number of anilines is 1. The summed E-state index contributed by atoms with van der Waals surface area (Å²) in [5.74, 6) is 0.0765. The van der Waals surface area contributed by atoms with E-state index in [1.807, 2.05) is 46.7 Å². The molecule has 0 N–H and O–H groups in total. The summed E-state index contributed by atoms with van der Waals surface area (Å²) in [6.45, 7) is 4.33. The zero-order valence-electron chi connectivity index (χ0n) is 15.5. The predicted molar refractivity (Wildman–Crippen MR) is 120 cm³/mol. The first kappa shape index (κ1) is 18.2. The average Bonchev–Trinajstić information content (AvgIpc) is 3.22. The van der Waals surface area contributed by atoms with Gasteiger partial charge in [-0.2, -0.15) is 0 Å². The number of nitrogens with zero attached hydrogens (tertiary/aromatic N) is 1. The smallest absolute Gasteiger partial charge is 0.231 e. The van der Waals surface area contributed by atoms with Crippen LogP contribution in [0.5, 0.6) is 0 Å². The van der Waals surface area contributed by atoms with Gasteiger partial charge in [-0.25, -0.2) is 0 Å². The summed E-state index contributed by atoms with van der Waals surface area (Å²) in [6.07, 6.45) is 2.15. The van der Waals surface area contributed by atoms with Crippen LogP contribution in [-0.4, -0.2) is 12.5 Å². The molecule has 1 amide bonds. The number of benzene rings is 3. The first-order valence-corrected chi connectivity index (χ1v) is 10.2. The quantitative estimate of drug-likeness (QED) is 0.356. The molecule has 0 saturated carbocycles. The second-order valence-electron chi connectivity index (χ2n) is 6.69. The van der Waals surface area contributed by atoms with E-state index >= 15 is 0 Å². The van der Waals surface area contributed by atoms with E-state index in [9.17, 15) is 4.79 Å². The first-order chi connectivity index (χ1) is 13.7. The molecular formula is C25H21NOS. The molecule has 4 rings (SSSR count). The minimum Gasteiger partial charge on any atom is -0.307 e. The lowest BCUT2D eigenvalue weighted by molar-refractivity contribution is -0.117. The molecule has 3 heteroatoms. The molecule has 0 saturated heterocycles. The minimum atomic E-state index is 0.0765. The van der Waals surface area contributed by atoms with Crippen LogP contribution in [0.4, 0.5) is 5.69 Å². The van der Waals surface area contributed by atoms with Crippen molar-refractivity contribution in [2.45, 2.75) is 6.42 Å². The third-order valence-electron chi connectivity index (χ3n) is 4.74. The third-order valence-corrected chi connectivity index (χ3v) is 5.70. The summed E-state index contributed by atoms with van der Waals surface area (Å²) in [7, 11) is 0. The van der Waals surface area contributed by atoms with Crippen molar-refractivity contribution in [3.63, 3.8) is 0 Å². The summed E-state index contributed by atoms with van der Waals surface area (Å²) < 4.78 is 0. The van der Waals surface area contributed by atoms with Crippen molar-refractivity contribution in [3.05, 3.63) is 102 Å². The molecule has 0 atom stereocenters. The lowest BCUT2D eigenvalue weighted by atomic mass is 10.0. The van der Waals surface area contributed by atoms with Gasteiger partial charge in [0.2, 0.25) is 5.91 Å². The van der Waals surface area contributed by atoms with E-state index in [1.165, 1.54) is 10.9 Å². The van der Waals surface area contributed by atoms with Crippen molar-refractivity contribution in [2.75, 3.05) is 11.4 Å². The molecule has 0 unspecified atom stereocenters. The van der Waals surface area contributed by atoms with Crippen LogP contribution in [0, 0.1) is 0 Å². The Kier molecular flexibility index (Phi) is 5.36. The number of rotatable bonds is 6. The van der Waals surface area contributed by atoms with Crippen molar-refractivity contribution in [2.24, 2.45) is 0 Å². The highest BCUT2D eigenvalue weighted by molar-refractivity contribution is 7.14. The predicted octanol–water partition coefficient (Wildman–Crippen LogP) is 6.33. The molecule has 0 radical (unpaired) electrons. The van der Waals surface area contributed by atoms with Crippen LogP contribution in [0.15, 0.2) is 96.9 Å². The number of hydrogen-bond acceptors (Lipinski definition) is 2. The molecular weight excluding hydrogens is 362 g/mol. The molecule has 1 aromatic heterocycles. The van der Waals surface area contributed by atoms with E-state index < -0.39 is 0 Å². The van der Waals surface area contributed by atoms with E-state index in [4.69, 9.17) is 0 Å². The van der Waals surface area contributed by atoms with Gasteiger partial charge in [0.1, 0.15) is 0 Å². The molecule has 0 aliphatic carbocycles. The maximum Gasteiger partial charge on any atom is 0.231 e. The Morgan fingerprint density at radius 3 is 2.46 bits per heavy atom. The molecule has 138 valence electrons. The number of fused-ring (bicyclic) bond motifs is 1. The van der Waals surface area contributed by atoms with Gasteiger partial charge in [0.05, 0.1) is 12.1 Å². The summed E-state index contributed by atoms with van der Waals surface area (Å²) in [4.78, 5) is 16.0. The third kappa shape index (κ3) is 3.90. The minimum absolute atomic E-state index is 0.0765. The van der Waals surface area contributed by atoms with Crippen molar-refractivity contribution in [1.82, 2.24) is 0 Å². The Morgan fingerprint density at radius 2 is 1.68 bits per heavy atom. The van der Waals surface area contributed by atoms with Gasteiger partial charge >= 0.3 is 0 Å². The largest absolute Gasteiger partial charge is 0.307 e. The van der Waals surface area contributed by atoms with Gasteiger partial charge in [0, 0.05) is 16.8 Å². The standard InChI is InChI=1S/C25H21NOS/c1-2-14-26(23-17-24(28-18-23)21-9-4-3-5-10-21)25(27)16-19-12-13-20-8-6-7-11-22(20)15-19/h2-13,15,17-18H,1,14,16H2.